The monoisotopic (exact) mass is 451 g/mol. The lowest BCUT2D eigenvalue weighted by Gasteiger charge is -2.27. The van der Waals surface area contributed by atoms with Crippen LogP contribution in [0.4, 0.5) is 36.3 Å². The topological polar surface area (TPSA) is 129 Å². The van der Waals surface area contributed by atoms with Crippen LogP contribution in [0.25, 0.3) is 0 Å². The summed E-state index contributed by atoms with van der Waals surface area (Å²) in [7, 11) is 1.33. The second-order valence-electron chi connectivity index (χ2n) is 7.11. The van der Waals surface area contributed by atoms with Gasteiger partial charge in [0.2, 0.25) is 11.9 Å². The van der Waals surface area contributed by atoms with Crippen molar-refractivity contribution in [3.8, 4) is 0 Å². The molecule has 0 atom stereocenters. The first-order chi connectivity index (χ1) is 15.2. The van der Waals surface area contributed by atoms with Crippen LogP contribution in [0.1, 0.15) is 23.1 Å². The number of aromatic nitrogens is 2. The van der Waals surface area contributed by atoms with E-state index in [-0.39, 0.29) is 24.1 Å². The molecular formula is C20H24F3N7O2. The van der Waals surface area contributed by atoms with Gasteiger partial charge in [0, 0.05) is 50.2 Å². The molecule has 0 radical (unpaired) electrons. The largest absolute Gasteiger partial charge is 0.421 e. The molecule has 0 bridgehead atoms. The summed E-state index contributed by atoms with van der Waals surface area (Å²) in [4.78, 5) is 21.8. The van der Waals surface area contributed by atoms with Crippen LogP contribution in [0.3, 0.4) is 0 Å². The van der Waals surface area contributed by atoms with Crippen molar-refractivity contribution in [3.63, 3.8) is 0 Å². The summed E-state index contributed by atoms with van der Waals surface area (Å²) < 4.78 is 44.5. The van der Waals surface area contributed by atoms with Crippen molar-refractivity contribution in [1.29, 1.82) is 5.41 Å². The molecule has 0 spiro atoms. The number of nitrogens with two attached hydrogens (primary N) is 1. The molecule has 1 aromatic heterocycles. The predicted molar refractivity (Wildman–Crippen MR) is 114 cm³/mol. The van der Waals surface area contributed by atoms with Gasteiger partial charge in [-0.25, -0.2) is 4.98 Å². The number of morpholine rings is 1. The molecule has 0 unspecified atom stereocenters. The Hall–Kier alpha value is -3.41. The summed E-state index contributed by atoms with van der Waals surface area (Å²) in [6.07, 6.45) is -2.22. The summed E-state index contributed by atoms with van der Waals surface area (Å²) in [6, 6.07) is 3.36. The van der Waals surface area contributed by atoms with E-state index < -0.39 is 11.7 Å². The number of amides is 1. The standard InChI is InChI=1S/C20H24F3N7O2/c1-26-18-14(20(21,22)23)11-27-19(29-18)28-16-9-12(8-15(25)13(16)10-24)2-3-17(31)30-4-6-32-7-5-30/h8-11,24H,2-7,25H2,1H3,(H2,26,27,28,29). The molecule has 5 N–H and O–H groups in total. The van der Waals surface area contributed by atoms with E-state index in [9.17, 15) is 18.0 Å². The second-order valence-corrected chi connectivity index (χ2v) is 7.11. The summed E-state index contributed by atoms with van der Waals surface area (Å²) in [5.41, 5.74) is 6.79. The Morgan fingerprint density at radius 1 is 1.34 bits per heavy atom. The highest BCUT2D eigenvalue weighted by Gasteiger charge is 2.35. The second kappa shape index (κ2) is 9.81. The van der Waals surface area contributed by atoms with Gasteiger partial charge in [0.15, 0.2) is 0 Å². The van der Waals surface area contributed by atoms with E-state index >= 15 is 0 Å². The predicted octanol–water partition coefficient (Wildman–Crippen LogP) is 2.65. The number of hydrogen-bond donors (Lipinski definition) is 4. The molecule has 0 saturated carbocycles. The number of aryl methyl sites for hydroxylation is 1. The van der Waals surface area contributed by atoms with Gasteiger partial charge in [0.1, 0.15) is 11.4 Å². The Morgan fingerprint density at radius 2 is 2.06 bits per heavy atom. The van der Waals surface area contributed by atoms with Crippen LogP contribution >= 0.6 is 0 Å². The van der Waals surface area contributed by atoms with Crippen LogP contribution in [-0.4, -0.2) is 60.3 Å². The molecule has 32 heavy (non-hydrogen) atoms. The van der Waals surface area contributed by atoms with Gasteiger partial charge in [-0.05, 0) is 24.1 Å². The first kappa shape index (κ1) is 23.3. The van der Waals surface area contributed by atoms with Gasteiger partial charge >= 0.3 is 6.18 Å². The molecular weight excluding hydrogens is 427 g/mol. The Morgan fingerprint density at radius 3 is 2.69 bits per heavy atom. The number of ether oxygens (including phenoxy) is 1. The van der Waals surface area contributed by atoms with Crippen molar-refractivity contribution in [3.05, 3.63) is 35.0 Å². The normalized spacial score (nSPS) is 14.2. The fourth-order valence-electron chi connectivity index (χ4n) is 3.33. The zero-order chi connectivity index (χ0) is 23.3. The zero-order valence-electron chi connectivity index (χ0n) is 17.4. The van der Waals surface area contributed by atoms with Crippen LogP contribution in [-0.2, 0) is 22.1 Å². The number of nitrogens with zero attached hydrogens (tertiary/aromatic N) is 3. The Balaban J connectivity index is 1.81. The van der Waals surface area contributed by atoms with Gasteiger partial charge < -0.3 is 31.4 Å². The maximum atomic E-state index is 13.1. The molecule has 12 heteroatoms. The maximum Gasteiger partial charge on any atom is 0.421 e. The van der Waals surface area contributed by atoms with E-state index in [4.69, 9.17) is 15.9 Å². The lowest BCUT2D eigenvalue weighted by Crippen LogP contribution is -2.40. The molecule has 1 amide bonds. The fourth-order valence-corrected chi connectivity index (χ4v) is 3.33. The SMILES string of the molecule is CNc1nc(Nc2cc(CCC(=O)N3CCOCC3)cc(N)c2C=N)ncc1C(F)(F)F. The molecule has 1 aromatic carbocycles. The third-order valence-electron chi connectivity index (χ3n) is 4.98. The van der Waals surface area contributed by atoms with Crippen molar-refractivity contribution in [2.24, 2.45) is 0 Å². The maximum absolute atomic E-state index is 13.1. The minimum Gasteiger partial charge on any atom is -0.398 e. The van der Waals surface area contributed by atoms with E-state index in [1.54, 1.807) is 17.0 Å². The van der Waals surface area contributed by atoms with Gasteiger partial charge in [0.25, 0.3) is 0 Å². The van der Waals surface area contributed by atoms with Gasteiger partial charge in [-0.1, -0.05) is 0 Å². The van der Waals surface area contributed by atoms with Crippen LogP contribution in [0, 0.1) is 5.41 Å². The smallest absolute Gasteiger partial charge is 0.398 e. The molecule has 2 aromatic rings. The van der Waals surface area contributed by atoms with Crippen LogP contribution < -0.4 is 16.4 Å². The van der Waals surface area contributed by atoms with Crippen molar-refractivity contribution in [2.75, 3.05) is 49.7 Å². The highest BCUT2D eigenvalue weighted by molar-refractivity contribution is 5.94. The zero-order valence-corrected chi connectivity index (χ0v) is 17.4. The Kier molecular flexibility index (Phi) is 7.13. The number of anilines is 4. The summed E-state index contributed by atoms with van der Waals surface area (Å²) in [5.74, 6) is -0.472. The summed E-state index contributed by atoms with van der Waals surface area (Å²) in [5, 5.41) is 12.9. The van der Waals surface area contributed by atoms with Gasteiger partial charge in [-0.3, -0.25) is 4.79 Å². The molecule has 1 aliphatic rings. The molecule has 1 saturated heterocycles. The molecule has 0 aliphatic carbocycles. The van der Waals surface area contributed by atoms with Crippen LogP contribution in [0.5, 0.6) is 0 Å². The number of benzene rings is 1. The van der Waals surface area contributed by atoms with Gasteiger partial charge in [-0.15, -0.1) is 0 Å². The number of alkyl halides is 3. The first-order valence-electron chi connectivity index (χ1n) is 9.90. The average Bonchev–Trinajstić information content (AvgIpc) is 2.77. The minimum atomic E-state index is -4.60. The van der Waals surface area contributed by atoms with Crippen LogP contribution in [0.15, 0.2) is 18.3 Å². The van der Waals surface area contributed by atoms with Crippen molar-refractivity contribution >= 4 is 35.3 Å². The van der Waals surface area contributed by atoms with Gasteiger partial charge in [0.05, 0.1) is 18.9 Å². The Bertz CT molecular complexity index is 992. The highest BCUT2D eigenvalue weighted by atomic mass is 19.4. The lowest BCUT2D eigenvalue weighted by molar-refractivity contribution is -0.137. The summed E-state index contributed by atoms with van der Waals surface area (Å²) in [6.45, 7) is 2.14. The molecule has 9 nitrogen and oxygen atoms in total. The minimum absolute atomic E-state index is 0.00208. The van der Waals surface area contributed by atoms with E-state index in [1.807, 2.05) is 0 Å². The fraction of sp³-hybridized carbons (Fsp3) is 0.400. The molecule has 1 fully saturated rings. The number of carbonyl (C=O) groups is 1. The van der Waals surface area contributed by atoms with E-state index in [2.05, 4.69) is 20.6 Å². The number of hydrogen-bond acceptors (Lipinski definition) is 8. The third kappa shape index (κ3) is 5.44. The van der Waals surface area contributed by atoms with Crippen molar-refractivity contribution < 1.29 is 22.7 Å². The molecule has 1 aliphatic heterocycles. The molecule has 3 rings (SSSR count). The van der Waals surface area contributed by atoms with E-state index in [0.29, 0.717) is 55.9 Å². The highest BCUT2D eigenvalue weighted by Crippen LogP contribution is 2.34. The van der Waals surface area contributed by atoms with Crippen molar-refractivity contribution in [1.82, 2.24) is 14.9 Å². The number of halogens is 3. The van der Waals surface area contributed by atoms with Crippen molar-refractivity contribution in [2.45, 2.75) is 19.0 Å². The van der Waals surface area contributed by atoms with Crippen LogP contribution in [0.2, 0.25) is 0 Å². The van der Waals surface area contributed by atoms with E-state index in [0.717, 1.165) is 11.8 Å². The lowest BCUT2D eigenvalue weighted by atomic mass is 10.0. The third-order valence-corrected chi connectivity index (χ3v) is 4.98. The number of nitrogen functional groups attached to an aromatic ring is 1. The molecule has 2 heterocycles. The average molecular weight is 451 g/mol. The summed E-state index contributed by atoms with van der Waals surface area (Å²) >= 11 is 0. The quantitative estimate of drug-likeness (QED) is 0.376. The van der Waals surface area contributed by atoms with Gasteiger partial charge in [-0.2, -0.15) is 18.2 Å². The number of rotatable bonds is 7. The molecule has 172 valence electrons. The number of carbonyl (C=O) groups excluding carboxylic acids is 1. The first-order valence-corrected chi connectivity index (χ1v) is 9.90. The number of nitrogens with one attached hydrogen (secondary N) is 3. The Labute approximate surface area is 182 Å². The van der Waals surface area contributed by atoms with E-state index in [1.165, 1.54) is 7.05 Å².